The summed E-state index contributed by atoms with van der Waals surface area (Å²) >= 11 is 0. The molecule has 1 aliphatic carbocycles. The minimum absolute atomic E-state index is 0.223. The fourth-order valence-electron chi connectivity index (χ4n) is 2.61. The van der Waals surface area contributed by atoms with Gasteiger partial charge in [-0.05, 0) is 24.7 Å². The monoisotopic (exact) mass is 205 g/mol. The molecule has 0 aliphatic heterocycles. The Labute approximate surface area is 91.1 Å². The van der Waals surface area contributed by atoms with E-state index in [1.54, 1.807) is 6.33 Å². The molecule has 0 radical (unpaired) electrons. The summed E-state index contributed by atoms with van der Waals surface area (Å²) in [6, 6.07) is 0. The molecular weight excluding hydrogens is 186 g/mol. The molecule has 2 N–H and O–H groups in total. The van der Waals surface area contributed by atoms with E-state index in [1.165, 1.54) is 12.8 Å². The van der Waals surface area contributed by atoms with Gasteiger partial charge in [-0.15, -0.1) is 0 Å². The third kappa shape index (κ3) is 1.88. The zero-order valence-electron chi connectivity index (χ0n) is 9.48. The van der Waals surface area contributed by atoms with Gasteiger partial charge in [0.05, 0.1) is 0 Å². The van der Waals surface area contributed by atoms with Gasteiger partial charge in [0.25, 0.3) is 0 Å². The Kier molecular flexibility index (Phi) is 2.74. The summed E-state index contributed by atoms with van der Waals surface area (Å²) in [6.07, 6.45) is 8.81. The number of aromatic nitrogens is 2. The molecule has 0 bridgehead atoms. The van der Waals surface area contributed by atoms with Gasteiger partial charge in [0.1, 0.15) is 6.33 Å². The smallest absolute Gasteiger partial charge is 0.115 e. The summed E-state index contributed by atoms with van der Waals surface area (Å²) in [5.41, 5.74) is 7.40. The van der Waals surface area contributed by atoms with Crippen LogP contribution in [0.25, 0.3) is 0 Å². The lowest BCUT2D eigenvalue weighted by Gasteiger charge is -2.42. The van der Waals surface area contributed by atoms with Crippen LogP contribution in [0, 0.1) is 11.8 Å². The van der Waals surface area contributed by atoms with E-state index in [0.29, 0.717) is 11.8 Å². The third-order valence-electron chi connectivity index (χ3n) is 3.76. The molecule has 0 saturated heterocycles. The summed E-state index contributed by atoms with van der Waals surface area (Å²) in [5, 5.41) is 0. The van der Waals surface area contributed by atoms with Crippen molar-refractivity contribution in [1.29, 1.82) is 0 Å². The summed E-state index contributed by atoms with van der Waals surface area (Å²) in [6.45, 7) is 4.51. The average Bonchev–Trinajstić information content (AvgIpc) is 2.25. The van der Waals surface area contributed by atoms with E-state index < -0.39 is 0 Å². The highest BCUT2D eigenvalue weighted by molar-refractivity contribution is 5.19. The van der Waals surface area contributed by atoms with Gasteiger partial charge < -0.3 is 5.73 Å². The quantitative estimate of drug-likeness (QED) is 0.763. The summed E-state index contributed by atoms with van der Waals surface area (Å²) in [7, 11) is 0. The van der Waals surface area contributed by atoms with E-state index in [9.17, 15) is 0 Å². The summed E-state index contributed by atoms with van der Waals surface area (Å²) in [4.78, 5) is 8.15. The van der Waals surface area contributed by atoms with Crippen LogP contribution in [-0.4, -0.2) is 9.97 Å². The molecule has 15 heavy (non-hydrogen) atoms. The van der Waals surface area contributed by atoms with Crippen LogP contribution in [0.2, 0.25) is 0 Å². The minimum atomic E-state index is -0.223. The first-order valence-corrected chi connectivity index (χ1v) is 5.67. The second kappa shape index (κ2) is 3.89. The molecule has 2 rings (SSSR count). The molecule has 3 unspecified atom stereocenters. The maximum atomic E-state index is 6.53. The van der Waals surface area contributed by atoms with Crippen molar-refractivity contribution in [3.63, 3.8) is 0 Å². The lowest BCUT2D eigenvalue weighted by atomic mass is 9.67. The lowest BCUT2D eigenvalue weighted by Crippen LogP contribution is -2.47. The third-order valence-corrected chi connectivity index (χ3v) is 3.76. The van der Waals surface area contributed by atoms with Crippen molar-refractivity contribution >= 4 is 0 Å². The van der Waals surface area contributed by atoms with Crippen molar-refractivity contribution in [3.05, 3.63) is 24.3 Å². The fraction of sp³-hybridized carbons (Fsp3) is 0.667. The van der Waals surface area contributed by atoms with Gasteiger partial charge in [-0.3, -0.25) is 0 Å². The predicted octanol–water partition coefficient (Wildman–Crippen LogP) is 2.09. The maximum absolute atomic E-state index is 6.53. The lowest BCUT2D eigenvalue weighted by molar-refractivity contribution is 0.161. The summed E-state index contributed by atoms with van der Waals surface area (Å²) in [5.74, 6) is 1.21. The van der Waals surface area contributed by atoms with Gasteiger partial charge in [0, 0.05) is 23.5 Å². The Bertz CT molecular complexity index is 325. The van der Waals surface area contributed by atoms with E-state index >= 15 is 0 Å². The Balaban J connectivity index is 2.31. The first-order chi connectivity index (χ1) is 7.13. The number of hydrogen-bond donors (Lipinski definition) is 1. The maximum Gasteiger partial charge on any atom is 0.115 e. The van der Waals surface area contributed by atoms with Gasteiger partial charge in [-0.2, -0.15) is 0 Å². The van der Waals surface area contributed by atoms with Gasteiger partial charge in [-0.1, -0.05) is 20.3 Å². The van der Waals surface area contributed by atoms with E-state index in [4.69, 9.17) is 5.73 Å². The zero-order valence-corrected chi connectivity index (χ0v) is 9.48. The number of nitrogens with two attached hydrogens (primary N) is 1. The van der Waals surface area contributed by atoms with Crippen molar-refractivity contribution in [2.75, 3.05) is 0 Å². The Morgan fingerprint density at radius 1 is 1.27 bits per heavy atom. The van der Waals surface area contributed by atoms with Gasteiger partial charge in [0.2, 0.25) is 0 Å². The molecule has 82 valence electrons. The molecule has 1 heterocycles. The van der Waals surface area contributed by atoms with E-state index in [-0.39, 0.29) is 5.54 Å². The number of nitrogens with zero attached hydrogens (tertiary/aromatic N) is 2. The molecule has 1 aliphatic rings. The SMILES string of the molecule is CC1CCC(C)C(N)(c2cncnc2)C1. The van der Waals surface area contributed by atoms with Crippen LogP contribution in [0.1, 0.15) is 38.7 Å². The molecule has 0 spiro atoms. The molecule has 1 fully saturated rings. The van der Waals surface area contributed by atoms with Crippen LogP contribution in [-0.2, 0) is 5.54 Å². The highest BCUT2D eigenvalue weighted by Crippen LogP contribution is 2.41. The molecule has 3 nitrogen and oxygen atoms in total. The minimum Gasteiger partial charge on any atom is -0.321 e. The average molecular weight is 205 g/mol. The first kappa shape index (κ1) is 10.6. The molecule has 1 saturated carbocycles. The number of rotatable bonds is 1. The van der Waals surface area contributed by atoms with Crippen LogP contribution >= 0.6 is 0 Å². The van der Waals surface area contributed by atoms with Crippen LogP contribution in [0.5, 0.6) is 0 Å². The van der Waals surface area contributed by atoms with Gasteiger partial charge >= 0.3 is 0 Å². The van der Waals surface area contributed by atoms with E-state index in [0.717, 1.165) is 12.0 Å². The molecule has 3 heteroatoms. The van der Waals surface area contributed by atoms with Crippen molar-refractivity contribution in [3.8, 4) is 0 Å². The second-order valence-electron chi connectivity index (χ2n) is 4.96. The Hall–Kier alpha value is -0.960. The van der Waals surface area contributed by atoms with E-state index in [2.05, 4.69) is 23.8 Å². The fourth-order valence-corrected chi connectivity index (χ4v) is 2.61. The van der Waals surface area contributed by atoms with Gasteiger partial charge in [0.15, 0.2) is 0 Å². The van der Waals surface area contributed by atoms with Crippen LogP contribution in [0.15, 0.2) is 18.7 Å². The van der Waals surface area contributed by atoms with Crippen LogP contribution in [0.3, 0.4) is 0 Å². The predicted molar refractivity (Wildman–Crippen MR) is 60.1 cm³/mol. The molecule has 0 aromatic carbocycles. The van der Waals surface area contributed by atoms with Crippen LogP contribution < -0.4 is 5.73 Å². The standard InChI is InChI=1S/C12H19N3/c1-9-3-4-10(2)12(13,5-9)11-6-14-8-15-7-11/h6-10H,3-5,13H2,1-2H3. The van der Waals surface area contributed by atoms with Gasteiger partial charge in [-0.25, -0.2) is 9.97 Å². The Morgan fingerprint density at radius 2 is 1.93 bits per heavy atom. The zero-order chi connectivity index (χ0) is 10.9. The molecular formula is C12H19N3. The highest BCUT2D eigenvalue weighted by Gasteiger charge is 2.38. The largest absolute Gasteiger partial charge is 0.321 e. The second-order valence-corrected chi connectivity index (χ2v) is 4.96. The van der Waals surface area contributed by atoms with Crippen molar-refractivity contribution in [2.45, 2.75) is 38.6 Å². The van der Waals surface area contributed by atoms with Crippen molar-refractivity contribution < 1.29 is 0 Å². The Morgan fingerprint density at radius 3 is 2.60 bits per heavy atom. The highest BCUT2D eigenvalue weighted by atomic mass is 14.8. The van der Waals surface area contributed by atoms with Crippen molar-refractivity contribution in [1.82, 2.24) is 9.97 Å². The molecule has 1 aromatic rings. The normalized spacial score (nSPS) is 36.5. The molecule has 1 aromatic heterocycles. The molecule has 3 atom stereocenters. The first-order valence-electron chi connectivity index (χ1n) is 5.67. The van der Waals surface area contributed by atoms with Crippen LogP contribution in [0.4, 0.5) is 0 Å². The van der Waals surface area contributed by atoms with E-state index in [1.807, 2.05) is 12.4 Å². The number of hydrogen-bond acceptors (Lipinski definition) is 3. The van der Waals surface area contributed by atoms with Crippen molar-refractivity contribution in [2.24, 2.45) is 17.6 Å². The topological polar surface area (TPSA) is 51.8 Å². The molecule has 0 amide bonds. The summed E-state index contributed by atoms with van der Waals surface area (Å²) < 4.78 is 0.